The summed E-state index contributed by atoms with van der Waals surface area (Å²) in [6, 6.07) is 7.82. The molecule has 0 spiro atoms. The van der Waals surface area contributed by atoms with Gasteiger partial charge in [0.2, 0.25) is 5.91 Å². The maximum absolute atomic E-state index is 11.9. The minimum atomic E-state index is -2.87. The van der Waals surface area contributed by atoms with Gasteiger partial charge in [0.1, 0.15) is 0 Å². The molecule has 21 heavy (non-hydrogen) atoms. The van der Waals surface area contributed by atoms with Crippen LogP contribution < -0.4 is 5.32 Å². The minimum Gasteiger partial charge on any atom is -0.325 e. The predicted molar refractivity (Wildman–Crippen MR) is 88.7 cm³/mol. The average molecular weight is 327 g/mol. The molecule has 0 aromatic heterocycles. The quantitative estimate of drug-likeness (QED) is 0.903. The zero-order chi connectivity index (χ0) is 15.5. The fraction of sp³-hybridized carbons (Fsp3) is 0.533. The lowest BCUT2D eigenvalue weighted by Crippen LogP contribution is -2.17. The maximum Gasteiger partial charge on any atom is 0.234 e. The molecule has 0 aliphatic carbocycles. The van der Waals surface area contributed by atoms with Crippen molar-refractivity contribution in [2.24, 2.45) is 0 Å². The van der Waals surface area contributed by atoms with Crippen LogP contribution in [0.15, 0.2) is 24.3 Å². The number of carbonyl (C=O) groups is 1. The number of anilines is 1. The van der Waals surface area contributed by atoms with Crippen LogP contribution in [-0.4, -0.2) is 36.8 Å². The molecule has 1 fully saturated rings. The fourth-order valence-electron chi connectivity index (χ4n) is 2.26. The number of sulfone groups is 1. The molecular weight excluding hydrogens is 306 g/mol. The third kappa shape index (κ3) is 5.04. The van der Waals surface area contributed by atoms with Gasteiger partial charge in [-0.25, -0.2) is 8.42 Å². The van der Waals surface area contributed by atoms with Gasteiger partial charge < -0.3 is 5.32 Å². The van der Waals surface area contributed by atoms with E-state index in [1.165, 1.54) is 17.3 Å². The smallest absolute Gasteiger partial charge is 0.234 e. The number of amides is 1. The molecule has 4 nitrogen and oxygen atoms in total. The van der Waals surface area contributed by atoms with Crippen LogP contribution in [0, 0.1) is 0 Å². The topological polar surface area (TPSA) is 63.2 Å². The van der Waals surface area contributed by atoms with Crippen LogP contribution >= 0.6 is 11.8 Å². The zero-order valence-electron chi connectivity index (χ0n) is 12.3. The monoisotopic (exact) mass is 327 g/mol. The molecule has 1 aromatic rings. The van der Waals surface area contributed by atoms with Crippen molar-refractivity contribution in [3.8, 4) is 0 Å². The van der Waals surface area contributed by atoms with Crippen molar-refractivity contribution in [3.63, 3.8) is 0 Å². The van der Waals surface area contributed by atoms with Gasteiger partial charge in [-0.3, -0.25) is 4.79 Å². The number of thioether (sulfide) groups is 1. The molecule has 0 saturated carbocycles. The standard InChI is InChI=1S/C15H21NO3S2/c1-11(2)12-4-3-5-13(8-12)16-15(17)9-20-14-6-7-21(18,19)10-14/h3-5,8,11,14H,6-7,9-10H2,1-2H3,(H,16,17). The van der Waals surface area contributed by atoms with E-state index >= 15 is 0 Å². The summed E-state index contributed by atoms with van der Waals surface area (Å²) in [7, 11) is -2.87. The first-order chi connectivity index (χ1) is 9.85. The van der Waals surface area contributed by atoms with E-state index in [-0.39, 0.29) is 22.7 Å². The maximum atomic E-state index is 11.9. The molecule has 1 aromatic carbocycles. The van der Waals surface area contributed by atoms with Crippen molar-refractivity contribution in [2.75, 3.05) is 22.6 Å². The average Bonchev–Trinajstić information content (AvgIpc) is 2.76. The second-order valence-corrected chi connectivity index (χ2v) is 9.18. The van der Waals surface area contributed by atoms with Crippen molar-refractivity contribution in [1.82, 2.24) is 0 Å². The zero-order valence-corrected chi connectivity index (χ0v) is 14.0. The Morgan fingerprint density at radius 1 is 1.43 bits per heavy atom. The predicted octanol–water partition coefficient (Wildman–Crippen LogP) is 2.67. The molecule has 1 aliphatic rings. The Balaban J connectivity index is 1.83. The number of benzene rings is 1. The fourth-order valence-corrected chi connectivity index (χ4v) is 5.70. The summed E-state index contributed by atoms with van der Waals surface area (Å²) in [5, 5.41) is 2.93. The highest BCUT2D eigenvalue weighted by Gasteiger charge is 2.28. The molecule has 1 heterocycles. The minimum absolute atomic E-state index is 0.0581. The summed E-state index contributed by atoms with van der Waals surface area (Å²) in [6.07, 6.45) is 0.656. The third-order valence-electron chi connectivity index (χ3n) is 3.48. The molecule has 1 saturated heterocycles. The molecule has 0 bridgehead atoms. The summed E-state index contributed by atoms with van der Waals surface area (Å²) < 4.78 is 22.7. The van der Waals surface area contributed by atoms with E-state index in [0.717, 1.165) is 5.69 Å². The van der Waals surface area contributed by atoms with Crippen molar-refractivity contribution in [2.45, 2.75) is 31.4 Å². The van der Waals surface area contributed by atoms with E-state index in [1.807, 2.05) is 24.3 Å². The van der Waals surface area contributed by atoms with Gasteiger partial charge in [0.05, 0.1) is 17.3 Å². The van der Waals surface area contributed by atoms with Crippen LogP contribution in [0.1, 0.15) is 31.7 Å². The van der Waals surface area contributed by atoms with E-state index < -0.39 is 9.84 Å². The van der Waals surface area contributed by atoms with E-state index in [1.54, 1.807) is 0 Å². The Kier molecular flexibility index (Phi) is 5.32. The second-order valence-electron chi connectivity index (χ2n) is 5.66. The Morgan fingerprint density at radius 3 is 2.81 bits per heavy atom. The molecule has 2 rings (SSSR count). The van der Waals surface area contributed by atoms with E-state index in [0.29, 0.717) is 18.1 Å². The van der Waals surface area contributed by atoms with Crippen molar-refractivity contribution in [1.29, 1.82) is 0 Å². The van der Waals surface area contributed by atoms with Crippen LogP contribution in [-0.2, 0) is 14.6 Å². The summed E-state index contributed by atoms with van der Waals surface area (Å²) in [6.45, 7) is 4.22. The van der Waals surface area contributed by atoms with Gasteiger partial charge in [0, 0.05) is 10.9 Å². The van der Waals surface area contributed by atoms with Crippen LogP contribution in [0.2, 0.25) is 0 Å². The molecule has 0 radical (unpaired) electrons. The SMILES string of the molecule is CC(C)c1cccc(NC(=O)CSC2CCS(=O)(=O)C2)c1. The first kappa shape index (κ1) is 16.4. The lowest BCUT2D eigenvalue weighted by Gasteiger charge is -2.10. The highest BCUT2D eigenvalue weighted by Crippen LogP contribution is 2.24. The molecule has 1 N–H and O–H groups in total. The Labute approximate surface area is 130 Å². The van der Waals surface area contributed by atoms with Crippen LogP contribution in [0.5, 0.6) is 0 Å². The first-order valence-corrected chi connectivity index (χ1v) is 9.94. The van der Waals surface area contributed by atoms with Crippen molar-refractivity contribution >= 4 is 33.2 Å². The Morgan fingerprint density at radius 2 is 2.19 bits per heavy atom. The van der Waals surface area contributed by atoms with Crippen molar-refractivity contribution < 1.29 is 13.2 Å². The van der Waals surface area contributed by atoms with Gasteiger partial charge >= 0.3 is 0 Å². The van der Waals surface area contributed by atoms with Crippen LogP contribution in [0.25, 0.3) is 0 Å². The molecular formula is C15H21NO3S2. The van der Waals surface area contributed by atoms with Gasteiger partial charge in [0.25, 0.3) is 0 Å². The van der Waals surface area contributed by atoms with Gasteiger partial charge in [0.15, 0.2) is 9.84 Å². The lowest BCUT2D eigenvalue weighted by atomic mass is 10.0. The highest BCUT2D eigenvalue weighted by molar-refractivity contribution is 8.02. The van der Waals surface area contributed by atoms with Gasteiger partial charge in [-0.1, -0.05) is 26.0 Å². The van der Waals surface area contributed by atoms with Crippen LogP contribution in [0.3, 0.4) is 0 Å². The summed E-state index contributed by atoms with van der Waals surface area (Å²) >= 11 is 1.43. The van der Waals surface area contributed by atoms with E-state index in [9.17, 15) is 13.2 Å². The van der Waals surface area contributed by atoms with Crippen molar-refractivity contribution in [3.05, 3.63) is 29.8 Å². The number of hydrogen-bond donors (Lipinski definition) is 1. The second kappa shape index (κ2) is 6.83. The van der Waals surface area contributed by atoms with Gasteiger partial charge in [-0.05, 0) is 30.0 Å². The number of nitrogens with one attached hydrogen (secondary N) is 1. The molecule has 1 aliphatic heterocycles. The van der Waals surface area contributed by atoms with E-state index in [2.05, 4.69) is 19.2 Å². The summed E-state index contributed by atoms with van der Waals surface area (Å²) in [5.41, 5.74) is 1.98. The number of carbonyl (C=O) groups excluding carboxylic acids is 1. The normalized spacial score (nSPS) is 20.6. The Bertz CT molecular complexity index is 611. The van der Waals surface area contributed by atoms with Gasteiger partial charge in [-0.15, -0.1) is 11.8 Å². The molecule has 1 amide bonds. The largest absolute Gasteiger partial charge is 0.325 e. The number of hydrogen-bond acceptors (Lipinski definition) is 4. The summed E-state index contributed by atoms with van der Waals surface area (Å²) in [5.74, 6) is 1.09. The third-order valence-corrected chi connectivity index (χ3v) is 6.76. The first-order valence-electron chi connectivity index (χ1n) is 7.07. The number of rotatable bonds is 5. The molecule has 6 heteroatoms. The molecule has 116 valence electrons. The summed E-state index contributed by atoms with van der Waals surface area (Å²) in [4.78, 5) is 11.9. The van der Waals surface area contributed by atoms with Gasteiger partial charge in [-0.2, -0.15) is 0 Å². The lowest BCUT2D eigenvalue weighted by molar-refractivity contribution is -0.113. The Hall–Kier alpha value is -1.01. The molecule has 1 atom stereocenters. The van der Waals surface area contributed by atoms with E-state index in [4.69, 9.17) is 0 Å². The molecule has 1 unspecified atom stereocenters. The van der Waals surface area contributed by atoms with Crippen LogP contribution in [0.4, 0.5) is 5.69 Å². The highest BCUT2D eigenvalue weighted by atomic mass is 32.2.